The minimum Gasteiger partial charge on any atom is -0.478 e. The van der Waals surface area contributed by atoms with E-state index in [1.807, 2.05) is 0 Å². The summed E-state index contributed by atoms with van der Waals surface area (Å²) < 4.78 is 13.7. The van der Waals surface area contributed by atoms with Gasteiger partial charge in [-0.3, -0.25) is 0 Å². The number of rotatable bonds is 2. The van der Waals surface area contributed by atoms with Crippen molar-refractivity contribution in [3.63, 3.8) is 0 Å². The highest BCUT2D eigenvalue weighted by Crippen LogP contribution is 2.30. The Morgan fingerprint density at radius 1 is 1.06 bits per heavy atom. The molecule has 0 spiro atoms. The quantitative estimate of drug-likeness (QED) is 0.878. The molecular formula is C10H8BrFO4. The summed E-state index contributed by atoms with van der Waals surface area (Å²) >= 11 is 2.97. The normalized spacial score (nSPS) is 10.2. The van der Waals surface area contributed by atoms with E-state index in [-0.39, 0.29) is 21.2 Å². The zero-order valence-corrected chi connectivity index (χ0v) is 10.1. The molecule has 4 nitrogen and oxygen atoms in total. The fraction of sp³-hybridized carbons (Fsp3) is 0.200. The van der Waals surface area contributed by atoms with E-state index in [2.05, 4.69) is 15.9 Å². The van der Waals surface area contributed by atoms with E-state index in [1.54, 1.807) is 0 Å². The largest absolute Gasteiger partial charge is 0.478 e. The molecule has 0 fully saturated rings. The van der Waals surface area contributed by atoms with Crippen LogP contribution >= 0.6 is 15.9 Å². The third-order valence-electron chi connectivity index (χ3n) is 2.28. The van der Waals surface area contributed by atoms with E-state index >= 15 is 0 Å². The van der Waals surface area contributed by atoms with Crippen molar-refractivity contribution in [3.8, 4) is 0 Å². The number of carbonyl (C=O) groups is 2. The summed E-state index contributed by atoms with van der Waals surface area (Å²) in [7, 11) is 0. The van der Waals surface area contributed by atoms with Gasteiger partial charge in [-0.2, -0.15) is 0 Å². The number of aromatic carboxylic acids is 2. The van der Waals surface area contributed by atoms with Crippen LogP contribution in [-0.2, 0) is 0 Å². The van der Waals surface area contributed by atoms with Gasteiger partial charge >= 0.3 is 11.9 Å². The predicted octanol–water partition coefficient (Wildman–Crippen LogP) is 2.60. The molecular weight excluding hydrogens is 283 g/mol. The van der Waals surface area contributed by atoms with Crippen LogP contribution in [0.25, 0.3) is 0 Å². The molecule has 0 bridgehead atoms. The van der Waals surface area contributed by atoms with Crippen LogP contribution in [0.15, 0.2) is 4.47 Å². The zero-order chi connectivity index (χ0) is 12.6. The fourth-order valence-electron chi connectivity index (χ4n) is 1.43. The molecule has 0 radical (unpaired) electrons. The van der Waals surface area contributed by atoms with Crippen molar-refractivity contribution in [1.82, 2.24) is 0 Å². The summed E-state index contributed by atoms with van der Waals surface area (Å²) in [5.74, 6) is -3.73. The summed E-state index contributed by atoms with van der Waals surface area (Å²) in [5.41, 5.74) is -0.884. The second kappa shape index (κ2) is 4.21. The van der Waals surface area contributed by atoms with Crippen LogP contribution < -0.4 is 0 Å². The number of hydrogen-bond donors (Lipinski definition) is 2. The zero-order valence-electron chi connectivity index (χ0n) is 8.47. The van der Waals surface area contributed by atoms with E-state index in [4.69, 9.17) is 10.2 Å². The van der Waals surface area contributed by atoms with Crippen molar-refractivity contribution in [3.05, 3.63) is 32.5 Å². The average molecular weight is 291 g/mol. The van der Waals surface area contributed by atoms with Gasteiger partial charge in [0.25, 0.3) is 0 Å². The number of carboxylic acid groups (broad SMARTS) is 2. The van der Waals surface area contributed by atoms with E-state index in [0.717, 1.165) is 0 Å². The lowest BCUT2D eigenvalue weighted by Gasteiger charge is -2.12. The Morgan fingerprint density at radius 3 is 1.88 bits per heavy atom. The number of hydrogen-bond acceptors (Lipinski definition) is 2. The molecule has 0 unspecified atom stereocenters. The number of halogens is 2. The Kier molecular flexibility index (Phi) is 3.32. The van der Waals surface area contributed by atoms with Gasteiger partial charge < -0.3 is 10.2 Å². The van der Waals surface area contributed by atoms with Crippen LogP contribution in [0, 0.1) is 19.7 Å². The topological polar surface area (TPSA) is 74.6 Å². The lowest BCUT2D eigenvalue weighted by Crippen LogP contribution is -2.12. The summed E-state index contributed by atoms with van der Waals surface area (Å²) in [6, 6.07) is 0. The van der Waals surface area contributed by atoms with Crippen molar-refractivity contribution in [2.45, 2.75) is 13.8 Å². The van der Waals surface area contributed by atoms with Gasteiger partial charge in [0.1, 0.15) is 5.82 Å². The lowest BCUT2D eigenvalue weighted by atomic mass is 9.99. The fourth-order valence-corrected chi connectivity index (χ4v) is 2.10. The first-order chi connectivity index (χ1) is 7.29. The highest BCUT2D eigenvalue weighted by Gasteiger charge is 2.25. The van der Waals surface area contributed by atoms with Crippen molar-refractivity contribution >= 4 is 27.9 Å². The molecule has 16 heavy (non-hydrogen) atoms. The molecule has 0 aromatic heterocycles. The van der Waals surface area contributed by atoms with Crippen LogP contribution in [0.4, 0.5) is 4.39 Å². The minimum absolute atomic E-state index is 0.0630. The molecule has 1 rings (SSSR count). The van der Waals surface area contributed by atoms with Gasteiger partial charge in [-0.05, 0) is 35.3 Å². The first kappa shape index (κ1) is 12.6. The Labute approximate surface area is 98.8 Å². The third-order valence-corrected chi connectivity index (χ3v) is 3.27. The molecule has 0 saturated heterocycles. The van der Waals surface area contributed by atoms with Crippen molar-refractivity contribution in [2.75, 3.05) is 0 Å². The molecule has 0 heterocycles. The van der Waals surface area contributed by atoms with Crippen molar-refractivity contribution in [2.24, 2.45) is 0 Å². The molecule has 0 amide bonds. The SMILES string of the molecule is Cc1c(Br)c(C(=O)O)c(C)c(F)c1C(=O)O. The van der Waals surface area contributed by atoms with Gasteiger partial charge in [-0.1, -0.05) is 0 Å². The Hall–Kier alpha value is -1.43. The minimum atomic E-state index is -1.42. The van der Waals surface area contributed by atoms with E-state index in [9.17, 15) is 14.0 Å². The summed E-state index contributed by atoms with van der Waals surface area (Å²) in [6.45, 7) is 2.58. The van der Waals surface area contributed by atoms with Crippen LogP contribution in [0.2, 0.25) is 0 Å². The second-order valence-corrected chi connectivity index (χ2v) is 4.03. The molecule has 0 atom stereocenters. The number of carboxylic acids is 2. The van der Waals surface area contributed by atoms with E-state index < -0.39 is 23.3 Å². The molecule has 0 aliphatic heterocycles. The maximum absolute atomic E-state index is 13.6. The van der Waals surface area contributed by atoms with Gasteiger partial charge in [0, 0.05) is 10.0 Å². The highest BCUT2D eigenvalue weighted by molar-refractivity contribution is 9.10. The van der Waals surface area contributed by atoms with Gasteiger partial charge in [0.15, 0.2) is 0 Å². The van der Waals surface area contributed by atoms with Crippen LogP contribution in [0.5, 0.6) is 0 Å². The van der Waals surface area contributed by atoms with Crippen LogP contribution in [0.3, 0.4) is 0 Å². The molecule has 86 valence electrons. The second-order valence-electron chi connectivity index (χ2n) is 3.24. The molecule has 0 aliphatic carbocycles. The molecule has 2 N–H and O–H groups in total. The molecule has 0 saturated carbocycles. The number of benzene rings is 1. The van der Waals surface area contributed by atoms with E-state index in [1.165, 1.54) is 13.8 Å². The smallest absolute Gasteiger partial charge is 0.339 e. The molecule has 1 aromatic rings. The van der Waals surface area contributed by atoms with Gasteiger partial charge in [0.05, 0.1) is 11.1 Å². The summed E-state index contributed by atoms with van der Waals surface area (Å²) in [5, 5.41) is 17.7. The van der Waals surface area contributed by atoms with Gasteiger partial charge in [0.2, 0.25) is 0 Å². The molecule has 6 heteroatoms. The van der Waals surface area contributed by atoms with Crippen LogP contribution in [0.1, 0.15) is 31.8 Å². The summed E-state index contributed by atoms with van der Waals surface area (Å²) in [6.07, 6.45) is 0. The lowest BCUT2D eigenvalue weighted by molar-refractivity contribution is 0.0674. The van der Waals surface area contributed by atoms with Gasteiger partial charge in [-0.25, -0.2) is 14.0 Å². The average Bonchev–Trinajstić information content (AvgIpc) is 2.14. The molecule has 0 aliphatic rings. The first-order valence-electron chi connectivity index (χ1n) is 4.23. The standard InChI is InChI=1S/C10H8BrFO4/c1-3-6(10(15)16)8(12)4(2)5(7(3)11)9(13)14/h1-2H3,(H,13,14)(H,15,16). The first-order valence-corrected chi connectivity index (χ1v) is 5.03. The predicted molar refractivity (Wildman–Crippen MR) is 57.5 cm³/mol. The van der Waals surface area contributed by atoms with Crippen molar-refractivity contribution < 1.29 is 24.2 Å². The Balaban J connectivity index is 3.77. The maximum atomic E-state index is 13.6. The Bertz CT molecular complexity index is 422. The van der Waals surface area contributed by atoms with Crippen molar-refractivity contribution in [1.29, 1.82) is 0 Å². The maximum Gasteiger partial charge on any atom is 0.339 e. The van der Waals surface area contributed by atoms with Gasteiger partial charge in [-0.15, -0.1) is 0 Å². The monoisotopic (exact) mass is 290 g/mol. The summed E-state index contributed by atoms with van der Waals surface area (Å²) in [4.78, 5) is 21.7. The Morgan fingerprint density at radius 2 is 1.50 bits per heavy atom. The van der Waals surface area contributed by atoms with E-state index in [0.29, 0.717) is 0 Å². The molecule has 1 aromatic carbocycles. The highest BCUT2D eigenvalue weighted by atomic mass is 79.9. The van der Waals surface area contributed by atoms with Crippen LogP contribution in [-0.4, -0.2) is 22.2 Å². The third kappa shape index (κ3) is 1.80.